The summed E-state index contributed by atoms with van der Waals surface area (Å²) in [6.45, 7) is 3.69. The molecule has 1 heterocycles. The number of nitrogens with two attached hydrogens (primary N) is 1. The minimum absolute atomic E-state index is 0.226. The fraction of sp³-hybridized carbons (Fsp3) is 0.800. The number of nitrogens with zero attached hydrogens (tertiary/aromatic N) is 2. The van der Waals surface area contributed by atoms with Crippen LogP contribution in [0.4, 0.5) is 19.1 Å². The molecule has 190 valence electrons. The van der Waals surface area contributed by atoms with Gasteiger partial charge in [-0.1, -0.05) is 0 Å². The third-order valence-electron chi connectivity index (χ3n) is 5.06. The van der Waals surface area contributed by atoms with Crippen molar-refractivity contribution in [3.8, 4) is 0 Å². The van der Waals surface area contributed by atoms with Crippen molar-refractivity contribution in [3.05, 3.63) is 18.0 Å². The van der Waals surface area contributed by atoms with E-state index in [1.165, 1.54) is 0 Å². The van der Waals surface area contributed by atoms with E-state index in [-0.39, 0.29) is 18.5 Å². The van der Waals surface area contributed by atoms with Crippen molar-refractivity contribution in [3.63, 3.8) is 0 Å². The Morgan fingerprint density at radius 1 is 0.939 bits per heavy atom. The summed E-state index contributed by atoms with van der Waals surface area (Å²) in [7, 11) is 0. The Balaban J connectivity index is 1.60. The molecule has 33 heavy (non-hydrogen) atoms. The average Bonchev–Trinajstić information content (AvgIpc) is 2.78. The Morgan fingerprint density at radius 2 is 1.55 bits per heavy atom. The quantitative estimate of drug-likeness (QED) is 0.260. The Bertz CT molecular complexity index is 673. The highest BCUT2D eigenvalue weighted by Gasteiger charge is 2.38. The first-order valence-electron chi connectivity index (χ1n) is 10.9. The van der Waals surface area contributed by atoms with Gasteiger partial charge in [0.05, 0.1) is 65.0 Å². The van der Waals surface area contributed by atoms with Gasteiger partial charge in [-0.3, -0.25) is 0 Å². The highest BCUT2D eigenvalue weighted by atomic mass is 19.4. The van der Waals surface area contributed by atoms with Crippen LogP contribution in [0, 0.1) is 5.92 Å². The Kier molecular flexibility index (Phi) is 12.2. The van der Waals surface area contributed by atoms with E-state index in [1.807, 2.05) is 0 Å². The summed E-state index contributed by atoms with van der Waals surface area (Å²) in [5, 5.41) is 23.5. The first-order valence-corrected chi connectivity index (χ1v) is 10.9. The van der Waals surface area contributed by atoms with Crippen molar-refractivity contribution in [2.75, 3.05) is 64.7 Å². The van der Waals surface area contributed by atoms with Crippen molar-refractivity contribution in [2.45, 2.75) is 37.3 Å². The van der Waals surface area contributed by atoms with Gasteiger partial charge >= 0.3 is 6.18 Å². The second-order valence-electron chi connectivity index (χ2n) is 7.53. The van der Waals surface area contributed by atoms with Gasteiger partial charge in [0.2, 0.25) is 5.95 Å². The molecule has 13 heteroatoms. The van der Waals surface area contributed by atoms with Crippen LogP contribution in [0.1, 0.15) is 18.5 Å². The van der Waals surface area contributed by atoms with Crippen molar-refractivity contribution < 1.29 is 42.3 Å². The van der Waals surface area contributed by atoms with E-state index in [1.54, 1.807) is 0 Å². The predicted octanol–water partition coefficient (Wildman–Crippen LogP) is 0.433. The maximum Gasteiger partial charge on any atom is 0.433 e. The van der Waals surface area contributed by atoms with Crippen molar-refractivity contribution in [1.29, 1.82) is 0 Å². The molecule has 4 atom stereocenters. The SMILES string of the molecule is NCCOCCOCCOCCOC[C@H]1CC[C@H](Nc2nccc(C(F)(F)F)n2)[C@@H](O)[C@H]1O. The molecule has 1 aliphatic rings. The smallest absolute Gasteiger partial charge is 0.390 e. The molecule has 0 aromatic carbocycles. The molecule has 0 bridgehead atoms. The number of halogens is 3. The number of aromatic nitrogens is 2. The zero-order valence-corrected chi connectivity index (χ0v) is 18.4. The molecule has 0 spiro atoms. The first-order chi connectivity index (χ1) is 15.8. The van der Waals surface area contributed by atoms with Gasteiger partial charge < -0.3 is 40.2 Å². The molecule has 0 aliphatic heterocycles. The van der Waals surface area contributed by atoms with E-state index in [0.29, 0.717) is 65.6 Å². The number of anilines is 1. The summed E-state index contributed by atoms with van der Waals surface area (Å²) in [5.74, 6) is -0.558. The summed E-state index contributed by atoms with van der Waals surface area (Å²) in [4.78, 5) is 7.20. The van der Waals surface area contributed by atoms with Gasteiger partial charge in [0, 0.05) is 18.7 Å². The lowest BCUT2D eigenvalue weighted by Crippen LogP contribution is -2.51. The van der Waals surface area contributed by atoms with Crippen LogP contribution in [0.15, 0.2) is 12.3 Å². The van der Waals surface area contributed by atoms with Gasteiger partial charge in [-0.2, -0.15) is 13.2 Å². The lowest BCUT2D eigenvalue weighted by molar-refractivity contribution is -0.141. The normalized spacial score (nSPS) is 23.6. The standard InChI is InChI=1S/C20H33F3N4O6/c21-20(22,23)16-3-5-25-19(27-16)26-15-2-1-14(17(28)18(15)29)13-33-12-11-32-10-9-31-8-7-30-6-4-24/h3,5,14-15,17-18,28-29H,1-2,4,6-13,24H2,(H,25,26,27)/t14-,15+,17+,18-/m1/s1. The summed E-state index contributed by atoms with van der Waals surface area (Å²) >= 11 is 0. The molecule has 1 fully saturated rings. The molecular formula is C20H33F3N4O6. The molecule has 0 saturated heterocycles. The second kappa shape index (κ2) is 14.6. The lowest BCUT2D eigenvalue weighted by Gasteiger charge is -2.37. The molecule has 0 amide bonds. The maximum absolute atomic E-state index is 12.8. The van der Waals surface area contributed by atoms with E-state index in [2.05, 4.69) is 15.3 Å². The Labute approximate surface area is 190 Å². The lowest BCUT2D eigenvalue weighted by atomic mass is 9.82. The molecule has 1 aromatic heterocycles. The molecule has 1 aliphatic carbocycles. The van der Waals surface area contributed by atoms with Gasteiger partial charge in [0.1, 0.15) is 11.8 Å². The molecule has 0 unspecified atom stereocenters. The number of hydrogen-bond donors (Lipinski definition) is 4. The van der Waals surface area contributed by atoms with Crippen molar-refractivity contribution >= 4 is 5.95 Å². The largest absolute Gasteiger partial charge is 0.433 e. The van der Waals surface area contributed by atoms with Crippen LogP contribution >= 0.6 is 0 Å². The fourth-order valence-electron chi connectivity index (χ4n) is 3.32. The van der Waals surface area contributed by atoms with Gasteiger partial charge in [0.25, 0.3) is 0 Å². The van der Waals surface area contributed by atoms with Crippen LogP contribution in [0.25, 0.3) is 0 Å². The van der Waals surface area contributed by atoms with E-state index in [0.717, 1.165) is 12.3 Å². The molecule has 10 nitrogen and oxygen atoms in total. The first kappa shape index (κ1) is 27.6. The van der Waals surface area contributed by atoms with Crippen molar-refractivity contribution in [2.24, 2.45) is 11.7 Å². The minimum atomic E-state index is -4.59. The zero-order chi connectivity index (χ0) is 24.1. The second-order valence-corrected chi connectivity index (χ2v) is 7.53. The summed E-state index contributed by atoms with van der Waals surface area (Å²) in [6.07, 6.45) is -4.98. The maximum atomic E-state index is 12.8. The number of ether oxygens (including phenoxy) is 4. The number of nitrogens with one attached hydrogen (secondary N) is 1. The molecule has 2 rings (SSSR count). The number of aliphatic hydroxyl groups excluding tert-OH is 2. The minimum Gasteiger partial charge on any atom is -0.390 e. The average molecular weight is 482 g/mol. The van der Waals surface area contributed by atoms with Crippen LogP contribution in [-0.2, 0) is 25.1 Å². The van der Waals surface area contributed by atoms with E-state index < -0.39 is 30.1 Å². The molecule has 1 saturated carbocycles. The van der Waals surface area contributed by atoms with Gasteiger partial charge in [-0.25, -0.2) is 9.97 Å². The topological polar surface area (TPSA) is 141 Å². The van der Waals surface area contributed by atoms with E-state index >= 15 is 0 Å². The monoisotopic (exact) mass is 482 g/mol. The Hall–Kier alpha value is -1.61. The van der Waals surface area contributed by atoms with Crippen LogP contribution in [0.5, 0.6) is 0 Å². The molecule has 0 radical (unpaired) electrons. The summed E-state index contributed by atoms with van der Waals surface area (Å²) in [6, 6.07) is 0.0881. The number of aliphatic hydroxyl groups is 2. The van der Waals surface area contributed by atoms with Gasteiger partial charge in [0.15, 0.2) is 0 Å². The van der Waals surface area contributed by atoms with Crippen molar-refractivity contribution in [1.82, 2.24) is 9.97 Å². The third-order valence-corrected chi connectivity index (χ3v) is 5.06. The highest BCUT2D eigenvalue weighted by Crippen LogP contribution is 2.30. The van der Waals surface area contributed by atoms with Gasteiger partial charge in [-0.05, 0) is 18.9 Å². The van der Waals surface area contributed by atoms with Gasteiger partial charge in [-0.15, -0.1) is 0 Å². The molecule has 5 N–H and O–H groups in total. The predicted molar refractivity (Wildman–Crippen MR) is 112 cm³/mol. The summed E-state index contributed by atoms with van der Waals surface area (Å²) < 4.78 is 59.8. The molecule has 1 aromatic rings. The van der Waals surface area contributed by atoms with Crippen LogP contribution in [-0.4, -0.2) is 97.8 Å². The van der Waals surface area contributed by atoms with Crippen LogP contribution in [0.2, 0.25) is 0 Å². The Morgan fingerprint density at radius 3 is 2.15 bits per heavy atom. The third kappa shape index (κ3) is 10.0. The summed E-state index contributed by atoms with van der Waals surface area (Å²) in [5.41, 5.74) is 4.22. The van der Waals surface area contributed by atoms with Crippen LogP contribution < -0.4 is 11.1 Å². The zero-order valence-electron chi connectivity index (χ0n) is 18.4. The fourth-order valence-corrected chi connectivity index (χ4v) is 3.32. The molecular weight excluding hydrogens is 449 g/mol. The highest BCUT2D eigenvalue weighted by molar-refractivity contribution is 5.28. The van der Waals surface area contributed by atoms with Crippen LogP contribution in [0.3, 0.4) is 0 Å². The number of alkyl halides is 3. The van der Waals surface area contributed by atoms with E-state index in [9.17, 15) is 23.4 Å². The van der Waals surface area contributed by atoms with E-state index in [4.69, 9.17) is 24.7 Å². The number of rotatable bonds is 15. The number of hydrogen-bond acceptors (Lipinski definition) is 10.